The van der Waals surface area contributed by atoms with Crippen LogP contribution in [0.4, 0.5) is 10.3 Å². The Morgan fingerprint density at radius 3 is 2.52 bits per heavy atom. The molecule has 0 aliphatic heterocycles. The lowest BCUT2D eigenvalue weighted by atomic mass is 9.97. The number of hydrogen-bond donors (Lipinski definition) is 2. The van der Waals surface area contributed by atoms with Gasteiger partial charge in [0.2, 0.25) is 21.9 Å². The maximum atomic E-state index is 13.8. The molecule has 0 aliphatic carbocycles. The summed E-state index contributed by atoms with van der Waals surface area (Å²) in [6, 6.07) is 10.7. The molecular weight excluding hydrogens is 395 g/mol. The summed E-state index contributed by atoms with van der Waals surface area (Å²) in [5.41, 5.74) is 7.98. The molecule has 9 heteroatoms. The highest BCUT2D eigenvalue weighted by Gasteiger charge is 2.25. The second kappa shape index (κ2) is 7.67. The van der Waals surface area contributed by atoms with Crippen LogP contribution in [-0.2, 0) is 14.8 Å². The van der Waals surface area contributed by atoms with Crippen LogP contribution < -0.4 is 11.1 Å². The summed E-state index contributed by atoms with van der Waals surface area (Å²) in [6.45, 7) is 3.10. The van der Waals surface area contributed by atoms with Crippen molar-refractivity contribution in [1.29, 1.82) is 0 Å². The van der Waals surface area contributed by atoms with Gasteiger partial charge in [-0.2, -0.15) is 0 Å². The number of hydrogen-bond acceptors (Lipinski definition) is 5. The number of nitrogen functional groups attached to an aromatic ring is 1. The fraction of sp³-hybridized carbons (Fsp3) is 0.200. The first-order valence-electron chi connectivity index (χ1n) is 8.87. The van der Waals surface area contributed by atoms with Crippen molar-refractivity contribution < 1.29 is 17.6 Å². The molecule has 3 rings (SSSR count). The van der Waals surface area contributed by atoms with E-state index in [-0.39, 0.29) is 17.4 Å². The molecule has 0 radical (unpaired) electrons. The SMILES string of the molecule is CNC(=O)/C=C(/c1cccc(F)c1)c1ccc2nc(N)n(S(=O)(=O)C(C)C)c2c1. The summed E-state index contributed by atoms with van der Waals surface area (Å²) in [5.74, 6) is -0.983. The number of carbonyl (C=O) groups is 1. The van der Waals surface area contributed by atoms with Gasteiger partial charge in [0, 0.05) is 13.1 Å². The zero-order valence-electron chi connectivity index (χ0n) is 16.2. The lowest BCUT2D eigenvalue weighted by Gasteiger charge is -2.13. The summed E-state index contributed by atoms with van der Waals surface area (Å²) in [4.78, 5) is 16.2. The molecule has 0 spiro atoms. The Balaban J connectivity index is 2.29. The van der Waals surface area contributed by atoms with Gasteiger partial charge in [-0.3, -0.25) is 4.79 Å². The van der Waals surface area contributed by atoms with E-state index in [0.29, 0.717) is 22.2 Å². The number of amides is 1. The highest BCUT2D eigenvalue weighted by molar-refractivity contribution is 7.90. The van der Waals surface area contributed by atoms with Crippen molar-refractivity contribution in [2.45, 2.75) is 19.1 Å². The fourth-order valence-corrected chi connectivity index (χ4v) is 4.05. The van der Waals surface area contributed by atoms with Gasteiger partial charge in [0.1, 0.15) is 5.82 Å². The molecule has 3 N–H and O–H groups in total. The number of nitrogens with two attached hydrogens (primary N) is 1. The largest absolute Gasteiger partial charge is 0.368 e. The minimum Gasteiger partial charge on any atom is -0.368 e. The molecule has 0 saturated carbocycles. The number of nitrogens with one attached hydrogen (secondary N) is 1. The number of carbonyl (C=O) groups excluding carboxylic acids is 1. The number of imidazole rings is 1. The van der Waals surface area contributed by atoms with Crippen molar-refractivity contribution in [2.75, 3.05) is 12.8 Å². The number of anilines is 1. The molecule has 2 aromatic carbocycles. The van der Waals surface area contributed by atoms with E-state index in [1.807, 2.05) is 0 Å². The molecule has 1 aromatic heterocycles. The third-order valence-corrected chi connectivity index (χ3v) is 6.54. The predicted octanol–water partition coefficient (Wildman–Crippen LogP) is 2.52. The van der Waals surface area contributed by atoms with Gasteiger partial charge in [0.15, 0.2) is 0 Å². The Hall–Kier alpha value is -3.20. The Morgan fingerprint density at radius 1 is 1.21 bits per heavy atom. The van der Waals surface area contributed by atoms with Gasteiger partial charge in [-0.25, -0.2) is 21.8 Å². The molecule has 0 fully saturated rings. The molecule has 7 nitrogen and oxygen atoms in total. The van der Waals surface area contributed by atoms with Crippen LogP contribution in [0.1, 0.15) is 25.0 Å². The molecule has 1 amide bonds. The number of rotatable bonds is 5. The van der Waals surface area contributed by atoms with Crippen LogP contribution in [0, 0.1) is 5.82 Å². The first kappa shape index (κ1) is 20.5. The van der Waals surface area contributed by atoms with Gasteiger partial charge < -0.3 is 11.1 Å². The van der Waals surface area contributed by atoms with Crippen LogP contribution in [0.15, 0.2) is 48.5 Å². The Labute approximate surface area is 168 Å². The maximum absolute atomic E-state index is 13.8. The van der Waals surface area contributed by atoms with Gasteiger partial charge in [-0.05, 0) is 54.8 Å². The molecular formula is C20H21FN4O3S. The maximum Gasteiger partial charge on any atom is 0.244 e. The van der Waals surface area contributed by atoms with Gasteiger partial charge in [-0.15, -0.1) is 0 Å². The fourth-order valence-electron chi connectivity index (χ4n) is 2.91. The van der Waals surface area contributed by atoms with Crippen LogP contribution in [0.5, 0.6) is 0 Å². The number of fused-ring (bicyclic) bond motifs is 1. The predicted molar refractivity (Wildman–Crippen MR) is 111 cm³/mol. The van der Waals surface area contributed by atoms with Crippen LogP contribution in [-0.4, -0.2) is 35.6 Å². The summed E-state index contributed by atoms with van der Waals surface area (Å²) in [5, 5.41) is 1.79. The highest BCUT2D eigenvalue weighted by Crippen LogP contribution is 2.29. The van der Waals surface area contributed by atoms with E-state index >= 15 is 0 Å². The van der Waals surface area contributed by atoms with Crippen LogP contribution in [0.2, 0.25) is 0 Å². The van der Waals surface area contributed by atoms with E-state index in [0.717, 1.165) is 3.97 Å². The van der Waals surface area contributed by atoms with Gasteiger partial charge in [0.05, 0.1) is 16.3 Å². The second-order valence-electron chi connectivity index (χ2n) is 6.71. The summed E-state index contributed by atoms with van der Waals surface area (Å²) in [7, 11) is -2.28. The average Bonchev–Trinajstić information content (AvgIpc) is 3.01. The molecule has 0 atom stereocenters. The van der Waals surface area contributed by atoms with E-state index in [9.17, 15) is 17.6 Å². The van der Waals surface area contributed by atoms with Crippen molar-refractivity contribution in [2.24, 2.45) is 0 Å². The number of halogens is 1. The third-order valence-electron chi connectivity index (χ3n) is 4.46. The molecule has 0 unspecified atom stereocenters. The second-order valence-corrected chi connectivity index (χ2v) is 9.05. The standard InChI is InChI=1S/C20H21FN4O3S/c1-12(2)29(27,28)25-18-10-14(7-8-17(18)24-20(25)22)16(11-19(26)23-3)13-5-4-6-15(21)9-13/h4-12H,1-3H3,(H2,22,24)(H,23,26)/b16-11-. The van der Waals surface area contributed by atoms with E-state index < -0.39 is 21.1 Å². The average molecular weight is 416 g/mol. The van der Waals surface area contributed by atoms with Crippen molar-refractivity contribution in [3.8, 4) is 0 Å². The van der Waals surface area contributed by atoms with Gasteiger partial charge >= 0.3 is 0 Å². The quantitative estimate of drug-likeness (QED) is 0.622. The smallest absolute Gasteiger partial charge is 0.244 e. The van der Waals surface area contributed by atoms with Gasteiger partial charge in [0.25, 0.3) is 0 Å². The molecule has 0 bridgehead atoms. The van der Waals surface area contributed by atoms with Gasteiger partial charge in [-0.1, -0.05) is 18.2 Å². The number of aromatic nitrogens is 2. The van der Waals surface area contributed by atoms with Crippen LogP contribution in [0.25, 0.3) is 16.6 Å². The molecule has 152 valence electrons. The van der Waals surface area contributed by atoms with E-state index in [1.165, 1.54) is 31.3 Å². The number of benzene rings is 2. The monoisotopic (exact) mass is 416 g/mol. The zero-order chi connectivity index (χ0) is 21.3. The first-order valence-corrected chi connectivity index (χ1v) is 10.4. The number of nitrogens with zero attached hydrogens (tertiary/aromatic N) is 2. The van der Waals surface area contributed by atoms with E-state index in [1.54, 1.807) is 38.1 Å². The molecule has 29 heavy (non-hydrogen) atoms. The Bertz CT molecular complexity index is 1230. The summed E-state index contributed by atoms with van der Waals surface area (Å²) in [6.07, 6.45) is 1.33. The van der Waals surface area contributed by atoms with Crippen molar-refractivity contribution in [3.63, 3.8) is 0 Å². The summed E-state index contributed by atoms with van der Waals surface area (Å²) >= 11 is 0. The van der Waals surface area contributed by atoms with Crippen molar-refractivity contribution in [1.82, 2.24) is 14.3 Å². The minimum atomic E-state index is -3.76. The molecule has 1 heterocycles. The zero-order valence-corrected chi connectivity index (χ0v) is 17.0. The highest BCUT2D eigenvalue weighted by atomic mass is 32.2. The molecule has 3 aromatic rings. The molecule has 0 aliphatic rings. The minimum absolute atomic E-state index is 0.145. The first-order chi connectivity index (χ1) is 13.6. The Morgan fingerprint density at radius 2 is 1.90 bits per heavy atom. The van der Waals surface area contributed by atoms with E-state index in [2.05, 4.69) is 10.3 Å². The molecule has 0 saturated heterocycles. The van der Waals surface area contributed by atoms with Crippen LogP contribution in [0.3, 0.4) is 0 Å². The Kier molecular flexibility index (Phi) is 5.43. The number of likely N-dealkylation sites (N-methyl/N-ethyl adjacent to an activating group) is 1. The van der Waals surface area contributed by atoms with Crippen LogP contribution >= 0.6 is 0 Å². The lowest BCUT2D eigenvalue weighted by Crippen LogP contribution is -2.23. The van der Waals surface area contributed by atoms with E-state index in [4.69, 9.17) is 5.73 Å². The summed E-state index contributed by atoms with van der Waals surface area (Å²) < 4.78 is 40.3. The van der Waals surface area contributed by atoms with Crippen molar-refractivity contribution in [3.05, 3.63) is 65.5 Å². The third kappa shape index (κ3) is 3.86. The van der Waals surface area contributed by atoms with Crippen molar-refractivity contribution >= 4 is 38.5 Å². The lowest BCUT2D eigenvalue weighted by molar-refractivity contribution is -0.116. The normalized spacial score (nSPS) is 12.5. The topological polar surface area (TPSA) is 107 Å².